The van der Waals surface area contributed by atoms with Gasteiger partial charge in [0.1, 0.15) is 0 Å². The molecule has 1 aromatic carbocycles. The van der Waals surface area contributed by atoms with E-state index in [0.717, 1.165) is 49.1 Å². The Balaban J connectivity index is 1.80. The van der Waals surface area contributed by atoms with Crippen molar-refractivity contribution >= 4 is 23.1 Å². The fraction of sp³-hybridized carbons (Fsp3) is 0.471. The van der Waals surface area contributed by atoms with Gasteiger partial charge in [0, 0.05) is 47.2 Å². The van der Waals surface area contributed by atoms with Gasteiger partial charge >= 0.3 is 0 Å². The van der Waals surface area contributed by atoms with Crippen LogP contribution in [0.3, 0.4) is 0 Å². The topological polar surface area (TPSA) is 53.2 Å². The van der Waals surface area contributed by atoms with Crippen molar-refractivity contribution in [1.29, 1.82) is 0 Å². The highest BCUT2D eigenvalue weighted by Gasteiger charge is 2.17. The smallest absolute Gasteiger partial charge is 0.151 e. The van der Waals surface area contributed by atoms with Crippen LogP contribution in [0.5, 0.6) is 0 Å². The van der Waals surface area contributed by atoms with Crippen molar-refractivity contribution in [2.24, 2.45) is 0 Å². The van der Waals surface area contributed by atoms with Crippen LogP contribution < -0.4 is 10.2 Å². The molecular weight excluding hydrogens is 312 g/mol. The molecule has 1 aromatic heterocycles. The molecule has 0 atom stereocenters. The van der Waals surface area contributed by atoms with Crippen molar-refractivity contribution in [2.75, 3.05) is 36.5 Å². The molecule has 0 spiro atoms. The zero-order valence-corrected chi connectivity index (χ0v) is 14.4. The van der Waals surface area contributed by atoms with Gasteiger partial charge in [0.15, 0.2) is 5.82 Å². The summed E-state index contributed by atoms with van der Waals surface area (Å²) in [5, 5.41) is 11.6. The largest absolute Gasteiger partial charge is 0.378 e. The molecule has 2 aromatic rings. The van der Waals surface area contributed by atoms with Gasteiger partial charge in [-0.25, -0.2) is 0 Å². The van der Waals surface area contributed by atoms with Crippen LogP contribution in [-0.2, 0) is 17.7 Å². The average molecular weight is 335 g/mol. The minimum Gasteiger partial charge on any atom is -0.378 e. The quantitative estimate of drug-likeness (QED) is 0.880. The lowest BCUT2D eigenvalue weighted by atomic mass is 10.1. The molecule has 2 N–H and O–H groups in total. The number of hydrogen-bond acceptors (Lipinski definition) is 4. The molecule has 5 nitrogen and oxygen atoms in total. The van der Waals surface area contributed by atoms with Gasteiger partial charge in [-0.3, -0.25) is 5.10 Å². The Morgan fingerprint density at radius 2 is 2.13 bits per heavy atom. The second-order valence-electron chi connectivity index (χ2n) is 5.72. The SMILES string of the molecule is CCc1[nH]nc(NCc2c(Cl)cccc2N2CCOCC2)c1C. The molecule has 6 heteroatoms. The highest BCUT2D eigenvalue weighted by Crippen LogP contribution is 2.29. The van der Waals surface area contributed by atoms with Gasteiger partial charge in [-0.15, -0.1) is 0 Å². The van der Waals surface area contributed by atoms with E-state index in [9.17, 15) is 0 Å². The van der Waals surface area contributed by atoms with Gasteiger partial charge in [0.05, 0.1) is 13.2 Å². The summed E-state index contributed by atoms with van der Waals surface area (Å²) in [7, 11) is 0. The third-order valence-electron chi connectivity index (χ3n) is 4.34. The number of anilines is 2. The highest BCUT2D eigenvalue weighted by atomic mass is 35.5. The monoisotopic (exact) mass is 334 g/mol. The van der Waals surface area contributed by atoms with Crippen LogP contribution in [0.4, 0.5) is 11.5 Å². The first-order valence-corrected chi connectivity index (χ1v) is 8.46. The Kier molecular flexibility index (Phi) is 5.08. The summed E-state index contributed by atoms with van der Waals surface area (Å²) in [6.45, 7) is 8.18. The average Bonchev–Trinajstić information content (AvgIpc) is 2.94. The number of aryl methyl sites for hydroxylation is 1. The van der Waals surface area contributed by atoms with E-state index in [1.165, 1.54) is 16.9 Å². The minimum absolute atomic E-state index is 0.654. The highest BCUT2D eigenvalue weighted by molar-refractivity contribution is 6.31. The number of rotatable bonds is 5. The van der Waals surface area contributed by atoms with Crippen LogP contribution in [0.25, 0.3) is 0 Å². The number of ether oxygens (including phenoxy) is 1. The van der Waals surface area contributed by atoms with Crippen molar-refractivity contribution in [3.05, 3.63) is 40.0 Å². The molecule has 0 saturated carbocycles. The minimum atomic E-state index is 0.654. The summed E-state index contributed by atoms with van der Waals surface area (Å²) in [5.41, 5.74) is 4.63. The summed E-state index contributed by atoms with van der Waals surface area (Å²) in [6, 6.07) is 6.08. The van der Waals surface area contributed by atoms with Crippen molar-refractivity contribution in [2.45, 2.75) is 26.8 Å². The Bertz CT molecular complexity index is 665. The van der Waals surface area contributed by atoms with E-state index >= 15 is 0 Å². The van der Waals surface area contributed by atoms with Gasteiger partial charge in [-0.05, 0) is 25.5 Å². The molecule has 1 saturated heterocycles. The van der Waals surface area contributed by atoms with Crippen LogP contribution in [0.1, 0.15) is 23.7 Å². The molecule has 23 heavy (non-hydrogen) atoms. The van der Waals surface area contributed by atoms with Crippen molar-refractivity contribution < 1.29 is 4.74 Å². The van der Waals surface area contributed by atoms with E-state index in [1.807, 2.05) is 12.1 Å². The maximum atomic E-state index is 6.46. The summed E-state index contributed by atoms with van der Waals surface area (Å²) in [6.07, 6.45) is 0.950. The number of H-pyrrole nitrogens is 1. The summed E-state index contributed by atoms with van der Waals surface area (Å²) in [5.74, 6) is 0.898. The third-order valence-corrected chi connectivity index (χ3v) is 4.70. The van der Waals surface area contributed by atoms with Gasteiger partial charge in [0.2, 0.25) is 0 Å². The zero-order chi connectivity index (χ0) is 16.2. The maximum absolute atomic E-state index is 6.46. The third kappa shape index (κ3) is 3.46. The number of aromatic nitrogens is 2. The van der Waals surface area contributed by atoms with Crippen LogP contribution in [0, 0.1) is 6.92 Å². The van der Waals surface area contributed by atoms with E-state index in [2.05, 4.69) is 40.3 Å². The second kappa shape index (κ2) is 7.23. The van der Waals surface area contributed by atoms with E-state index in [4.69, 9.17) is 16.3 Å². The van der Waals surface area contributed by atoms with Crippen molar-refractivity contribution in [3.8, 4) is 0 Å². The number of nitrogens with one attached hydrogen (secondary N) is 2. The Labute approximate surface area is 142 Å². The Hall–Kier alpha value is -1.72. The molecule has 0 amide bonds. The molecule has 0 radical (unpaired) electrons. The van der Waals surface area contributed by atoms with Crippen LogP contribution in [-0.4, -0.2) is 36.5 Å². The lowest BCUT2D eigenvalue weighted by molar-refractivity contribution is 0.122. The predicted molar refractivity (Wildman–Crippen MR) is 94.5 cm³/mol. The first-order chi connectivity index (χ1) is 11.2. The summed E-state index contributed by atoms with van der Waals surface area (Å²) in [4.78, 5) is 2.33. The van der Waals surface area contributed by atoms with Gasteiger partial charge in [-0.2, -0.15) is 5.10 Å². The molecule has 1 aliphatic heterocycles. The van der Waals surface area contributed by atoms with Gasteiger partial charge < -0.3 is 15.0 Å². The first kappa shape index (κ1) is 16.1. The zero-order valence-electron chi connectivity index (χ0n) is 13.7. The number of nitrogens with zero attached hydrogens (tertiary/aromatic N) is 2. The van der Waals surface area contributed by atoms with Crippen LogP contribution in [0.2, 0.25) is 5.02 Å². The number of aromatic amines is 1. The fourth-order valence-corrected chi connectivity index (χ4v) is 3.18. The number of hydrogen-bond donors (Lipinski definition) is 2. The number of morpholine rings is 1. The number of benzene rings is 1. The molecule has 0 aliphatic carbocycles. The molecule has 1 aliphatic rings. The van der Waals surface area contributed by atoms with E-state index in [1.54, 1.807) is 0 Å². The maximum Gasteiger partial charge on any atom is 0.151 e. The van der Waals surface area contributed by atoms with E-state index in [-0.39, 0.29) is 0 Å². The second-order valence-corrected chi connectivity index (χ2v) is 6.13. The predicted octanol–water partition coefficient (Wildman–Crippen LogP) is 3.38. The summed E-state index contributed by atoms with van der Waals surface area (Å²) < 4.78 is 5.45. The van der Waals surface area contributed by atoms with Crippen LogP contribution >= 0.6 is 11.6 Å². The lowest BCUT2D eigenvalue weighted by Gasteiger charge is -2.31. The molecule has 3 rings (SSSR count). The normalized spacial score (nSPS) is 15.0. The van der Waals surface area contributed by atoms with E-state index in [0.29, 0.717) is 6.54 Å². The molecule has 124 valence electrons. The number of halogens is 1. The molecule has 2 heterocycles. The van der Waals surface area contributed by atoms with Crippen LogP contribution in [0.15, 0.2) is 18.2 Å². The lowest BCUT2D eigenvalue weighted by Crippen LogP contribution is -2.37. The fourth-order valence-electron chi connectivity index (χ4n) is 2.95. The molecule has 1 fully saturated rings. The van der Waals surface area contributed by atoms with Crippen molar-refractivity contribution in [1.82, 2.24) is 10.2 Å². The van der Waals surface area contributed by atoms with E-state index < -0.39 is 0 Å². The standard InChI is InChI=1S/C17H23ClN4O/c1-3-15-12(2)17(21-20-15)19-11-13-14(18)5-4-6-16(13)22-7-9-23-10-8-22/h4-6H,3,7-11H2,1-2H3,(H2,19,20,21). The Morgan fingerprint density at radius 1 is 1.35 bits per heavy atom. The molecule has 0 unspecified atom stereocenters. The molecular formula is C17H23ClN4O. The van der Waals surface area contributed by atoms with Gasteiger partial charge in [-0.1, -0.05) is 24.6 Å². The summed E-state index contributed by atoms with van der Waals surface area (Å²) >= 11 is 6.46. The van der Waals surface area contributed by atoms with Crippen molar-refractivity contribution in [3.63, 3.8) is 0 Å². The molecule has 0 bridgehead atoms. The van der Waals surface area contributed by atoms with Gasteiger partial charge in [0.25, 0.3) is 0 Å². The first-order valence-electron chi connectivity index (χ1n) is 8.08. The Morgan fingerprint density at radius 3 is 2.83 bits per heavy atom.